The highest BCUT2D eigenvalue weighted by Gasteiger charge is 2.52. The van der Waals surface area contributed by atoms with Crippen molar-refractivity contribution in [1.29, 1.82) is 0 Å². The van der Waals surface area contributed by atoms with E-state index in [1.165, 1.54) is 6.07 Å². The molecule has 188 valence electrons. The minimum Gasteiger partial charge on any atom is -0.482 e. The van der Waals surface area contributed by atoms with Crippen LogP contribution in [0.5, 0.6) is 5.75 Å². The number of carbonyl (C=O) groups excluding carboxylic acids is 1. The first-order chi connectivity index (χ1) is 16.7. The van der Waals surface area contributed by atoms with Crippen LogP contribution in [0.3, 0.4) is 0 Å². The number of halogens is 1. The monoisotopic (exact) mass is 482 g/mol. The van der Waals surface area contributed by atoms with E-state index in [0.29, 0.717) is 18.1 Å². The van der Waals surface area contributed by atoms with Crippen LogP contribution in [0, 0.1) is 17.2 Å². The van der Waals surface area contributed by atoms with E-state index in [4.69, 9.17) is 9.84 Å². The van der Waals surface area contributed by atoms with Gasteiger partial charge in [0.05, 0.1) is 5.41 Å². The summed E-state index contributed by atoms with van der Waals surface area (Å²) in [4.78, 5) is 28.8. The van der Waals surface area contributed by atoms with Crippen LogP contribution in [0.2, 0.25) is 0 Å². The molecule has 1 amide bonds. The van der Waals surface area contributed by atoms with Gasteiger partial charge in [-0.2, -0.15) is 0 Å². The number of piperidine rings is 1. The number of aliphatic carboxylic acids is 1. The van der Waals surface area contributed by atoms with E-state index in [9.17, 15) is 14.0 Å². The molecule has 0 radical (unpaired) electrons. The summed E-state index contributed by atoms with van der Waals surface area (Å²) in [5, 5.41) is 8.74. The molecular weight excluding hydrogens is 447 g/mol. The number of hydrogen-bond acceptors (Lipinski definition) is 4. The Bertz CT molecular complexity index is 1030. The standard InChI is InChI=1S/C28H35FN2O4/c1-20(2)17-31-24(15-22-4-3-5-23(29)14-22)16-28(27(31)34)10-12-30(13-11-28)18-21-6-8-25(9-7-21)35-19-26(32)33/h3-9,14,20,24H,10-13,15-19H2,1-2H3,(H,32,33)/t24-/m0/s1. The SMILES string of the molecule is CC(C)CN1C(=O)C2(CCN(Cc3ccc(OCC(=O)O)cc3)CC2)C[C@@H]1Cc1cccc(F)c1. The van der Waals surface area contributed by atoms with E-state index in [0.717, 1.165) is 56.6 Å². The largest absolute Gasteiger partial charge is 0.482 e. The number of carboxylic acid groups (broad SMARTS) is 1. The van der Waals surface area contributed by atoms with Gasteiger partial charge in [-0.05, 0) is 80.1 Å². The zero-order chi connectivity index (χ0) is 25.0. The maximum absolute atomic E-state index is 13.8. The minimum absolute atomic E-state index is 0.108. The molecule has 2 saturated heterocycles. The van der Waals surface area contributed by atoms with Crippen molar-refractivity contribution in [3.8, 4) is 5.75 Å². The van der Waals surface area contributed by atoms with Crippen molar-refractivity contribution in [1.82, 2.24) is 9.80 Å². The molecule has 1 spiro atoms. The molecule has 1 atom stereocenters. The molecule has 2 aromatic carbocycles. The van der Waals surface area contributed by atoms with Gasteiger partial charge in [0.25, 0.3) is 0 Å². The maximum Gasteiger partial charge on any atom is 0.341 e. The van der Waals surface area contributed by atoms with Crippen LogP contribution in [0.15, 0.2) is 48.5 Å². The second kappa shape index (κ2) is 10.8. The second-order valence-electron chi connectivity index (χ2n) is 10.4. The fraction of sp³-hybridized carbons (Fsp3) is 0.500. The third kappa shape index (κ3) is 6.20. The smallest absolute Gasteiger partial charge is 0.341 e. The summed E-state index contributed by atoms with van der Waals surface area (Å²) in [6.07, 6.45) is 3.19. The van der Waals surface area contributed by atoms with E-state index in [2.05, 4.69) is 23.6 Å². The van der Waals surface area contributed by atoms with Crippen LogP contribution in [-0.2, 0) is 22.6 Å². The molecule has 7 heteroatoms. The van der Waals surface area contributed by atoms with Crippen molar-refractivity contribution in [2.75, 3.05) is 26.2 Å². The molecular formula is C28H35FN2O4. The molecule has 0 bridgehead atoms. The number of benzene rings is 2. The van der Waals surface area contributed by atoms with E-state index in [1.54, 1.807) is 24.3 Å². The normalized spacial score (nSPS) is 20.1. The number of hydrogen-bond donors (Lipinski definition) is 1. The molecule has 0 aliphatic carbocycles. The Morgan fingerprint density at radius 2 is 1.86 bits per heavy atom. The molecule has 0 aromatic heterocycles. The molecule has 0 unspecified atom stereocenters. The number of likely N-dealkylation sites (tertiary alicyclic amines) is 2. The van der Waals surface area contributed by atoms with Crippen molar-refractivity contribution in [2.24, 2.45) is 11.3 Å². The molecule has 2 aliphatic rings. The van der Waals surface area contributed by atoms with E-state index in [1.807, 2.05) is 18.2 Å². The Hall–Kier alpha value is -2.93. The molecule has 4 rings (SSSR count). The van der Waals surface area contributed by atoms with Crippen molar-refractivity contribution >= 4 is 11.9 Å². The summed E-state index contributed by atoms with van der Waals surface area (Å²) in [5.41, 5.74) is 1.76. The molecule has 6 nitrogen and oxygen atoms in total. The molecule has 2 heterocycles. The predicted octanol–water partition coefficient (Wildman–Crippen LogP) is 4.37. The van der Waals surface area contributed by atoms with Gasteiger partial charge in [0.2, 0.25) is 5.91 Å². The number of rotatable bonds is 9. The van der Waals surface area contributed by atoms with Crippen LogP contribution in [0.1, 0.15) is 44.2 Å². The summed E-state index contributed by atoms with van der Waals surface area (Å²) in [6, 6.07) is 14.4. The highest BCUT2D eigenvalue weighted by atomic mass is 19.1. The van der Waals surface area contributed by atoms with Gasteiger partial charge >= 0.3 is 5.97 Å². The quantitative estimate of drug-likeness (QED) is 0.575. The van der Waals surface area contributed by atoms with Gasteiger partial charge in [-0.25, -0.2) is 9.18 Å². The first-order valence-corrected chi connectivity index (χ1v) is 12.5. The first kappa shape index (κ1) is 25.2. The lowest BCUT2D eigenvalue weighted by atomic mass is 9.75. The fourth-order valence-electron chi connectivity index (χ4n) is 5.51. The Balaban J connectivity index is 1.38. The van der Waals surface area contributed by atoms with E-state index >= 15 is 0 Å². The Morgan fingerprint density at radius 3 is 2.49 bits per heavy atom. The van der Waals surface area contributed by atoms with Gasteiger partial charge in [-0.3, -0.25) is 9.69 Å². The van der Waals surface area contributed by atoms with Gasteiger partial charge in [0.1, 0.15) is 11.6 Å². The number of ether oxygens (including phenoxy) is 1. The Labute approximate surface area is 206 Å². The topological polar surface area (TPSA) is 70.1 Å². The van der Waals surface area contributed by atoms with Crippen molar-refractivity contribution < 1.29 is 23.8 Å². The number of carbonyl (C=O) groups is 2. The summed E-state index contributed by atoms with van der Waals surface area (Å²) >= 11 is 0. The summed E-state index contributed by atoms with van der Waals surface area (Å²) in [7, 11) is 0. The van der Waals surface area contributed by atoms with Crippen LogP contribution in [-0.4, -0.2) is 59.1 Å². The highest BCUT2D eigenvalue weighted by Crippen LogP contribution is 2.45. The zero-order valence-electron chi connectivity index (χ0n) is 20.6. The summed E-state index contributed by atoms with van der Waals surface area (Å²) < 4.78 is 19.0. The van der Waals surface area contributed by atoms with E-state index in [-0.39, 0.29) is 29.8 Å². The van der Waals surface area contributed by atoms with Gasteiger partial charge in [-0.1, -0.05) is 38.1 Å². The summed E-state index contributed by atoms with van der Waals surface area (Å²) in [5.74, 6) is -0.0339. The van der Waals surface area contributed by atoms with Crippen molar-refractivity contribution in [3.05, 3.63) is 65.5 Å². The molecule has 0 saturated carbocycles. The van der Waals surface area contributed by atoms with Crippen LogP contribution >= 0.6 is 0 Å². The number of amides is 1. The van der Waals surface area contributed by atoms with Crippen molar-refractivity contribution in [3.63, 3.8) is 0 Å². The average molecular weight is 483 g/mol. The Kier molecular flexibility index (Phi) is 7.75. The van der Waals surface area contributed by atoms with Crippen LogP contribution < -0.4 is 4.74 Å². The lowest BCUT2D eigenvalue weighted by molar-refractivity contribution is -0.140. The molecule has 2 aliphatic heterocycles. The minimum atomic E-state index is -0.997. The van der Waals surface area contributed by atoms with Gasteiger partial charge < -0.3 is 14.7 Å². The fourth-order valence-corrected chi connectivity index (χ4v) is 5.51. The van der Waals surface area contributed by atoms with Gasteiger partial charge in [-0.15, -0.1) is 0 Å². The Morgan fingerprint density at radius 1 is 1.14 bits per heavy atom. The molecule has 2 fully saturated rings. The third-order valence-corrected chi connectivity index (χ3v) is 7.21. The molecule has 1 N–H and O–H groups in total. The van der Waals surface area contributed by atoms with Gasteiger partial charge in [0.15, 0.2) is 6.61 Å². The number of carboxylic acids is 1. The zero-order valence-corrected chi connectivity index (χ0v) is 20.6. The molecule has 2 aromatic rings. The third-order valence-electron chi connectivity index (χ3n) is 7.21. The second-order valence-corrected chi connectivity index (χ2v) is 10.4. The molecule has 35 heavy (non-hydrogen) atoms. The number of nitrogens with zero attached hydrogens (tertiary/aromatic N) is 2. The van der Waals surface area contributed by atoms with E-state index < -0.39 is 5.97 Å². The lowest BCUT2D eigenvalue weighted by Crippen LogP contribution is -2.45. The highest BCUT2D eigenvalue weighted by molar-refractivity contribution is 5.85. The predicted molar refractivity (Wildman–Crippen MR) is 132 cm³/mol. The summed E-state index contributed by atoms with van der Waals surface area (Å²) in [6.45, 7) is 7.15. The first-order valence-electron chi connectivity index (χ1n) is 12.5. The van der Waals surface area contributed by atoms with Gasteiger partial charge in [0, 0.05) is 19.1 Å². The average Bonchev–Trinajstić information content (AvgIpc) is 3.05. The van der Waals surface area contributed by atoms with Crippen LogP contribution in [0.25, 0.3) is 0 Å². The van der Waals surface area contributed by atoms with Crippen LogP contribution in [0.4, 0.5) is 4.39 Å². The lowest BCUT2D eigenvalue weighted by Gasteiger charge is -2.38. The maximum atomic E-state index is 13.8. The van der Waals surface area contributed by atoms with Crippen molar-refractivity contribution in [2.45, 2.75) is 52.1 Å².